The summed E-state index contributed by atoms with van der Waals surface area (Å²) >= 11 is 0. The Labute approximate surface area is 242 Å². The minimum atomic E-state index is -4.83. The van der Waals surface area contributed by atoms with Gasteiger partial charge in [-0.2, -0.15) is 13.5 Å². The van der Waals surface area contributed by atoms with E-state index >= 15 is 0 Å². The molecule has 4 saturated heterocycles. The summed E-state index contributed by atoms with van der Waals surface area (Å²) in [6.45, 7) is 3.78. The van der Waals surface area contributed by atoms with Gasteiger partial charge in [0.15, 0.2) is 0 Å². The Balaban J connectivity index is 0.000000235. The van der Waals surface area contributed by atoms with Crippen LogP contribution in [-0.4, -0.2) is 135 Å². The highest BCUT2D eigenvalue weighted by Crippen LogP contribution is 2.31. The Kier molecular flexibility index (Phi) is 10.2. The van der Waals surface area contributed by atoms with Crippen LogP contribution in [0, 0.1) is 0 Å². The lowest BCUT2D eigenvalue weighted by molar-refractivity contribution is -0.141. The monoisotopic (exact) mass is 620 g/mol. The summed E-state index contributed by atoms with van der Waals surface area (Å²) < 4.78 is 34.6. The van der Waals surface area contributed by atoms with Crippen molar-refractivity contribution in [1.29, 1.82) is 0 Å². The van der Waals surface area contributed by atoms with E-state index in [0.717, 1.165) is 14.9 Å². The highest BCUT2D eigenvalue weighted by Gasteiger charge is 2.50. The third-order valence-electron chi connectivity index (χ3n) is 7.36. The second-order valence-electron chi connectivity index (χ2n) is 10.1. The van der Waals surface area contributed by atoms with Crippen molar-refractivity contribution in [1.82, 2.24) is 40.8 Å². The Morgan fingerprint density at radius 1 is 0.833 bits per heavy atom. The summed E-state index contributed by atoms with van der Waals surface area (Å²) in [6.07, 6.45) is 2.15. The number of hydrazine groups is 2. The number of nitrogens with one attached hydrogen (secondary N) is 2. The third kappa shape index (κ3) is 7.17. The van der Waals surface area contributed by atoms with Gasteiger partial charge >= 0.3 is 22.5 Å². The maximum Gasteiger partial charge on any atom is 0.418 e. The van der Waals surface area contributed by atoms with Crippen molar-refractivity contribution in [3.8, 4) is 0 Å². The lowest BCUT2D eigenvalue weighted by Gasteiger charge is -2.30. The molecule has 4 rings (SSSR count). The van der Waals surface area contributed by atoms with Crippen molar-refractivity contribution in [2.24, 2.45) is 0 Å². The summed E-state index contributed by atoms with van der Waals surface area (Å²) in [5.74, 6) is -1.45. The highest BCUT2D eigenvalue weighted by atomic mass is 32.3. The van der Waals surface area contributed by atoms with Gasteiger partial charge in [-0.05, 0) is 25.7 Å². The minimum Gasteiger partial charge on any atom is -0.309 e. The third-order valence-corrected chi connectivity index (χ3v) is 7.71. The first-order valence-corrected chi connectivity index (χ1v) is 14.7. The molecule has 4 aliphatic heterocycles. The van der Waals surface area contributed by atoms with Crippen molar-refractivity contribution in [3.63, 3.8) is 0 Å². The summed E-state index contributed by atoms with van der Waals surface area (Å²) in [5.41, 5.74) is 4.86. The molecule has 0 aromatic carbocycles. The fraction of sp³-hybridized carbons (Fsp3) is 0.727. The van der Waals surface area contributed by atoms with Crippen LogP contribution in [0.4, 0.5) is 9.59 Å². The zero-order chi connectivity index (χ0) is 31.5. The van der Waals surface area contributed by atoms with E-state index in [-0.39, 0.29) is 43.7 Å². The predicted molar refractivity (Wildman–Crippen MR) is 138 cm³/mol. The van der Waals surface area contributed by atoms with E-state index in [9.17, 15) is 42.4 Å². The first kappa shape index (κ1) is 32.8. The molecule has 4 aliphatic rings. The van der Waals surface area contributed by atoms with Gasteiger partial charge in [-0.1, -0.05) is 13.8 Å². The van der Waals surface area contributed by atoms with Crippen LogP contribution in [0.1, 0.15) is 52.4 Å². The van der Waals surface area contributed by atoms with E-state index in [0.29, 0.717) is 35.9 Å². The van der Waals surface area contributed by atoms with Crippen LogP contribution in [0.3, 0.4) is 0 Å². The topological polar surface area (TPSA) is 230 Å². The van der Waals surface area contributed by atoms with Gasteiger partial charge in [-0.15, -0.1) is 4.28 Å². The lowest BCUT2D eigenvalue weighted by atomic mass is 10.0. The van der Waals surface area contributed by atoms with Crippen LogP contribution >= 0.6 is 0 Å². The van der Waals surface area contributed by atoms with Crippen LogP contribution in [0.5, 0.6) is 0 Å². The second-order valence-corrected chi connectivity index (χ2v) is 11.1. The van der Waals surface area contributed by atoms with Gasteiger partial charge in [0.25, 0.3) is 11.8 Å². The normalized spacial score (nSPS) is 24.6. The van der Waals surface area contributed by atoms with Gasteiger partial charge < -0.3 is 9.80 Å². The molecule has 4 N–H and O–H groups in total. The van der Waals surface area contributed by atoms with E-state index in [1.807, 2.05) is 0 Å². The molecule has 8 amide bonds. The molecule has 19 nitrogen and oxygen atoms in total. The predicted octanol–water partition coefficient (Wildman–Crippen LogP) is -1.57. The number of hydrogen-bond acceptors (Lipinski definition) is 10. The minimum absolute atomic E-state index is 0.0951. The van der Waals surface area contributed by atoms with Crippen molar-refractivity contribution >= 4 is 46.1 Å². The van der Waals surface area contributed by atoms with E-state index < -0.39 is 52.4 Å². The van der Waals surface area contributed by atoms with Crippen molar-refractivity contribution in [3.05, 3.63) is 0 Å². The summed E-state index contributed by atoms with van der Waals surface area (Å²) in [6, 6.07) is -3.65. The number of piperidine rings is 2. The number of rotatable bonds is 6. The number of urea groups is 2. The first-order valence-electron chi connectivity index (χ1n) is 13.3. The first-order chi connectivity index (χ1) is 19.6. The maximum atomic E-state index is 12.2. The van der Waals surface area contributed by atoms with E-state index in [2.05, 4.69) is 15.1 Å². The lowest BCUT2D eigenvalue weighted by Crippen LogP contribution is -2.54. The van der Waals surface area contributed by atoms with Crippen LogP contribution < -0.4 is 10.9 Å². The van der Waals surface area contributed by atoms with E-state index in [1.165, 1.54) is 19.0 Å². The molecule has 4 heterocycles. The molecule has 0 aliphatic carbocycles. The zero-order valence-corrected chi connectivity index (χ0v) is 24.4. The standard InChI is InChI=1S/C11H18N4O7S.C11H18N4O4/c1-3-9(16)13(2)12-10(17)8-5-4-7-6-14(8)11(18)15(7)22-23(19,20)21;1-3-9(16)13(2)12-10(17)8-5-4-7-6-14(8)11(18)15(7)19/h7-8H,3-6H2,1-2H3,(H,12,17)(H,19,20,21);7-8,19H,3-6H2,1-2H3,(H,12,17)/t2*7-,8+/m11/s1. The summed E-state index contributed by atoms with van der Waals surface area (Å²) in [7, 11) is -1.96. The molecule has 0 spiro atoms. The number of fused-ring (bicyclic) bond motifs is 4. The quantitative estimate of drug-likeness (QED) is 0.151. The maximum absolute atomic E-state index is 12.2. The van der Waals surface area contributed by atoms with E-state index in [1.54, 1.807) is 13.8 Å². The number of carbonyl (C=O) groups excluding carboxylic acids is 6. The Morgan fingerprint density at radius 3 is 1.71 bits per heavy atom. The number of hydrogen-bond donors (Lipinski definition) is 4. The molecule has 4 bridgehead atoms. The molecule has 0 unspecified atom stereocenters. The number of hydroxylamine groups is 4. The molecule has 4 atom stereocenters. The Morgan fingerprint density at radius 2 is 1.26 bits per heavy atom. The second kappa shape index (κ2) is 13.0. The Hall–Kier alpha value is -3.75. The molecule has 20 heteroatoms. The molecule has 0 aromatic rings. The average molecular weight is 621 g/mol. The molecule has 0 aromatic heterocycles. The van der Waals surface area contributed by atoms with Gasteiger partial charge in [-0.3, -0.25) is 49.8 Å². The number of carbonyl (C=O) groups is 6. The van der Waals surface area contributed by atoms with Gasteiger partial charge in [0.2, 0.25) is 11.8 Å². The Bertz CT molecular complexity index is 1220. The van der Waals surface area contributed by atoms with Gasteiger partial charge in [0, 0.05) is 40.0 Å². The molecule has 0 radical (unpaired) electrons. The van der Waals surface area contributed by atoms with Gasteiger partial charge in [0.1, 0.15) is 12.1 Å². The molecule has 0 saturated carbocycles. The molecular weight excluding hydrogens is 584 g/mol. The highest BCUT2D eigenvalue weighted by molar-refractivity contribution is 7.80. The van der Waals surface area contributed by atoms with Crippen LogP contribution in [0.15, 0.2) is 0 Å². The molecular formula is C22H36N8O11S. The van der Waals surface area contributed by atoms with E-state index in [4.69, 9.17) is 4.55 Å². The van der Waals surface area contributed by atoms with Crippen molar-refractivity contribution in [2.75, 3.05) is 27.2 Å². The summed E-state index contributed by atoms with van der Waals surface area (Å²) in [4.78, 5) is 73.5. The SMILES string of the molecule is CCC(=O)N(C)NC(=O)[C@@H]1CC[C@@H]2CN1C(=O)N2O.CCC(=O)N(C)NC(=O)[C@@H]1CC[C@@H]2CN1C(=O)N2OS(=O)(=O)O. The number of nitrogens with zero attached hydrogens (tertiary/aromatic N) is 6. The number of amides is 8. The fourth-order valence-corrected chi connectivity index (χ4v) is 5.49. The fourth-order valence-electron chi connectivity index (χ4n) is 5.11. The van der Waals surface area contributed by atoms with Gasteiger partial charge in [0.05, 0.1) is 12.1 Å². The average Bonchev–Trinajstić information content (AvgIpc) is 3.30. The molecule has 42 heavy (non-hydrogen) atoms. The largest absolute Gasteiger partial charge is 0.418 e. The zero-order valence-electron chi connectivity index (χ0n) is 23.6. The van der Waals surface area contributed by atoms with Crippen molar-refractivity contribution in [2.45, 2.75) is 76.5 Å². The smallest absolute Gasteiger partial charge is 0.309 e. The van der Waals surface area contributed by atoms with Gasteiger partial charge in [-0.25, -0.2) is 14.7 Å². The molecule has 4 fully saturated rings. The molecule has 236 valence electrons. The van der Waals surface area contributed by atoms with Crippen molar-refractivity contribution < 1.29 is 51.2 Å². The summed E-state index contributed by atoms with van der Waals surface area (Å²) in [5, 5.41) is 12.9. The van der Waals surface area contributed by atoms with Crippen LogP contribution in [0.25, 0.3) is 0 Å². The van der Waals surface area contributed by atoms with Crippen LogP contribution in [-0.2, 0) is 33.9 Å². The van der Waals surface area contributed by atoms with Crippen LogP contribution in [0.2, 0.25) is 0 Å².